The molecule has 2 heteroatoms. The van der Waals surface area contributed by atoms with Gasteiger partial charge in [-0.1, -0.05) is 179 Å². The molecule has 39 heavy (non-hydrogen) atoms. The molecule has 0 bridgehead atoms. The Bertz CT molecular complexity index is 669. The molecule has 1 unspecified atom stereocenters. The van der Waals surface area contributed by atoms with Crippen LogP contribution in [0, 0.1) is 0 Å². The van der Waals surface area contributed by atoms with Crippen LogP contribution in [0.4, 0.5) is 0 Å². The normalized spacial score (nSPS) is 15.1. The molecule has 0 saturated carbocycles. The van der Waals surface area contributed by atoms with E-state index in [9.17, 15) is 0 Å². The molecule has 2 nitrogen and oxygen atoms in total. The van der Waals surface area contributed by atoms with E-state index in [4.69, 9.17) is 0 Å². The van der Waals surface area contributed by atoms with Gasteiger partial charge in [0.1, 0.15) is 6.17 Å². The zero-order valence-corrected chi connectivity index (χ0v) is 26.4. The maximum absolute atomic E-state index is 2.65. The van der Waals surface area contributed by atoms with Crippen molar-refractivity contribution in [3.63, 3.8) is 0 Å². The van der Waals surface area contributed by atoms with Crippen molar-refractivity contribution in [3.8, 4) is 0 Å². The Balaban J connectivity index is 1.50. The fourth-order valence-electron chi connectivity index (χ4n) is 6.19. The summed E-state index contributed by atoms with van der Waals surface area (Å²) in [4.78, 5) is 5.25. The number of hydrogen-bond donors (Lipinski definition) is 0. The van der Waals surface area contributed by atoms with E-state index in [1.165, 1.54) is 166 Å². The maximum atomic E-state index is 2.65. The number of hydrogen-bond acceptors (Lipinski definition) is 2. The van der Waals surface area contributed by atoms with Crippen molar-refractivity contribution in [1.82, 2.24) is 9.80 Å². The lowest BCUT2D eigenvalue weighted by Gasteiger charge is -2.33. The second-order valence-corrected chi connectivity index (χ2v) is 12.4. The lowest BCUT2D eigenvalue weighted by Crippen LogP contribution is -2.38. The second-order valence-electron chi connectivity index (χ2n) is 12.4. The van der Waals surface area contributed by atoms with Crippen LogP contribution in [0.25, 0.3) is 0 Å². The summed E-state index contributed by atoms with van der Waals surface area (Å²) in [6, 6.07) is 11.0. The molecular weight excluding hydrogens is 472 g/mol. The van der Waals surface area contributed by atoms with Crippen LogP contribution in [0.3, 0.4) is 0 Å². The van der Waals surface area contributed by atoms with Gasteiger partial charge in [-0.3, -0.25) is 0 Å². The van der Waals surface area contributed by atoms with Gasteiger partial charge < -0.3 is 9.80 Å². The van der Waals surface area contributed by atoms with E-state index < -0.39 is 0 Å². The van der Waals surface area contributed by atoms with Gasteiger partial charge in [0, 0.05) is 25.5 Å². The first kappa shape index (κ1) is 33.8. The smallest absolute Gasteiger partial charge is 0.101 e. The van der Waals surface area contributed by atoms with Gasteiger partial charge >= 0.3 is 0 Å². The van der Waals surface area contributed by atoms with E-state index in [0.29, 0.717) is 6.17 Å². The number of nitrogens with zero attached hydrogens (tertiary/aromatic N) is 2. The molecule has 1 atom stereocenters. The number of unbranched alkanes of at least 4 members (excludes halogenated alkanes) is 21. The minimum Gasteiger partial charge on any atom is -0.356 e. The Kier molecular flexibility index (Phi) is 21.1. The standard InChI is InChI=1S/C37H66N2/c1-3-5-7-9-11-12-13-14-15-16-17-18-19-20-21-23-28-32-38-33-34-39(35-36-29-25-24-26-30-36)37(38)31-27-22-10-8-6-4-2/h24-26,29-30,33-34,37H,3-23,27-28,31-32,35H2,1-2H3. The number of rotatable bonds is 27. The third-order valence-electron chi connectivity index (χ3n) is 8.76. The van der Waals surface area contributed by atoms with Crippen molar-refractivity contribution in [2.75, 3.05) is 6.54 Å². The lowest BCUT2D eigenvalue weighted by molar-refractivity contribution is 0.132. The third kappa shape index (κ3) is 17.1. The van der Waals surface area contributed by atoms with Gasteiger partial charge in [0.25, 0.3) is 0 Å². The van der Waals surface area contributed by atoms with Gasteiger partial charge in [-0.15, -0.1) is 0 Å². The molecule has 0 amide bonds. The predicted octanol–water partition coefficient (Wildman–Crippen LogP) is 12.0. The van der Waals surface area contributed by atoms with Crippen molar-refractivity contribution >= 4 is 0 Å². The van der Waals surface area contributed by atoms with E-state index in [0.717, 1.165) is 6.54 Å². The van der Waals surface area contributed by atoms with Crippen molar-refractivity contribution in [2.45, 2.75) is 181 Å². The molecule has 0 aromatic heterocycles. The van der Waals surface area contributed by atoms with E-state index in [1.807, 2.05) is 0 Å². The van der Waals surface area contributed by atoms with Crippen molar-refractivity contribution in [3.05, 3.63) is 48.3 Å². The predicted molar refractivity (Wildman–Crippen MR) is 174 cm³/mol. The minimum absolute atomic E-state index is 0.553. The first-order chi connectivity index (χ1) is 19.3. The largest absolute Gasteiger partial charge is 0.356 e. The van der Waals surface area contributed by atoms with Crippen LogP contribution in [0.2, 0.25) is 0 Å². The zero-order valence-electron chi connectivity index (χ0n) is 26.4. The molecule has 224 valence electrons. The number of benzene rings is 1. The van der Waals surface area contributed by atoms with Crippen LogP contribution < -0.4 is 0 Å². The molecule has 0 aliphatic carbocycles. The quantitative estimate of drug-likeness (QED) is 0.103. The minimum atomic E-state index is 0.553. The topological polar surface area (TPSA) is 6.48 Å². The zero-order chi connectivity index (χ0) is 27.6. The summed E-state index contributed by atoms with van der Waals surface area (Å²) in [6.45, 7) is 6.87. The van der Waals surface area contributed by atoms with Crippen LogP contribution in [0.1, 0.15) is 174 Å². The SMILES string of the molecule is CCCCCCCCCCCCCCCCCCCN1C=CN(Cc2ccccc2)C1CCCCCCCC. The highest BCUT2D eigenvalue weighted by Crippen LogP contribution is 2.25. The average Bonchev–Trinajstić information content (AvgIpc) is 3.33. The molecule has 1 aliphatic rings. The summed E-state index contributed by atoms with van der Waals surface area (Å²) in [5, 5.41) is 0. The summed E-state index contributed by atoms with van der Waals surface area (Å²) in [6.07, 6.45) is 39.4. The fourth-order valence-corrected chi connectivity index (χ4v) is 6.19. The first-order valence-electron chi connectivity index (χ1n) is 17.6. The van der Waals surface area contributed by atoms with E-state index in [-0.39, 0.29) is 0 Å². The molecular formula is C37H66N2. The molecule has 1 aromatic carbocycles. The van der Waals surface area contributed by atoms with Crippen LogP contribution in [0.5, 0.6) is 0 Å². The van der Waals surface area contributed by atoms with Crippen molar-refractivity contribution in [1.29, 1.82) is 0 Å². The molecule has 1 aliphatic heterocycles. The van der Waals surface area contributed by atoms with E-state index in [2.05, 4.69) is 66.4 Å². The van der Waals surface area contributed by atoms with Crippen LogP contribution >= 0.6 is 0 Å². The lowest BCUT2D eigenvalue weighted by atomic mass is 10.0. The molecule has 0 spiro atoms. The van der Waals surface area contributed by atoms with Gasteiger partial charge in [-0.2, -0.15) is 0 Å². The van der Waals surface area contributed by atoms with Gasteiger partial charge in [0.2, 0.25) is 0 Å². The third-order valence-corrected chi connectivity index (χ3v) is 8.76. The molecule has 2 rings (SSSR count). The molecule has 0 radical (unpaired) electrons. The highest BCUT2D eigenvalue weighted by atomic mass is 15.4. The maximum Gasteiger partial charge on any atom is 0.101 e. The van der Waals surface area contributed by atoms with Crippen molar-refractivity contribution < 1.29 is 0 Å². The highest BCUT2D eigenvalue weighted by molar-refractivity contribution is 5.16. The average molecular weight is 539 g/mol. The molecule has 1 heterocycles. The van der Waals surface area contributed by atoms with Crippen LogP contribution in [-0.2, 0) is 6.54 Å². The molecule has 0 saturated heterocycles. The van der Waals surface area contributed by atoms with Crippen LogP contribution in [-0.4, -0.2) is 22.5 Å². The molecule has 0 N–H and O–H groups in total. The van der Waals surface area contributed by atoms with Crippen LogP contribution in [0.15, 0.2) is 42.7 Å². The summed E-state index contributed by atoms with van der Waals surface area (Å²) >= 11 is 0. The summed E-state index contributed by atoms with van der Waals surface area (Å²) in [5.41, 5.74) is 1.43. The molecule has 0 fully saturated rings. The van der Waals surface area contributed by atoms with Gasteiger partial charge in [0.05, 0.1) is 0 Å². The van der Waals surface area contributed by atoms with E-state index in [1.54, 1.807) is 0 Å². The Labute approximate surface area is 245 Å². The Morgan fingerprint density at radius 2 is 0.872 bits per heavy atom. The summed E-state index contributed by atoms with van der Waals surface area (Å²) in [7, 11) is 0. The van der Waals surface area contributed by atoms with Gasteiger partial charge in [0.15, 0.2) is 0 Å². The highest BCUT2D eigenvalue weighted by Gasteiger charge is 2.25. The van der Waals surface area contributed by atoms with Crippen molar-refractivity contribution in [2.24, 2.45) is 0 Å². The second kappa shape index (κ2) is 24.4. The summed E-state index contributed by atoms with van der Waals surface area (Å²) in [5.74, 6) is 0. The van der Waals surface area contributed by atoms with Gasteiger partial charge in [-0.25, -0.2) is 0 Å². The monoisotopic (exact) mass is 539 g/mol. The molecule has 1 aromatic rings. The Morgan fingerprint density at radius 1 is 0.462 bits per heavy atom. The van der Waals surface area contributed by atoms with E-state index >= 15 is 0 Å². The fraction of sp³-hybridized carbons (Fsp3) is 0.784. The Morgan fingerprint density at radius 3 is 1.36 bits per heavy atom. The summed E-state index contributed by atoms with van der Waals surface area (Å²) < 4.78 is 0. The van der Waals surface area contributed by atoms with Gasteiger partial charge in [-0.05, 0) is 24.8 Å². The first-order valence-corrected chi connectivity index (χ1v) is 17.6. The Hall–Kier alpha value is -1.44.